The summed E-state index contributed by atoms with van der Waals surface area (Å²) in [6.45, 7) is 2.07. The SMILES string of the molecule is Cc1cccc(CCc2nc(N)nc(Cl)n2)c1. The Kier molecular flexibility index (Phi) is 3.54. The minimum Gasteiger partial charge on any atom is -0.368 e. The number of hydrogen-bond acceptors (Lipinski definition) is 4. The van der Waals surface area contributed by atoms with E-state index in [0.717, 1.165) is 6.42 Å². The molecule has 0 bridgehead atoms. The number of aromatic nitrogens is 3. The molecule has 2 aromatic rings. The van der Waals surface area contributed by atoms with Crippen LogP contribution in [0.1, 0.15) is 17.0 Å². The van der Waals surface area contributed by atoms with E-state index in [9.17, 15) is 0 Å². The van der Waals surface area contributed by atoms with Crippen molar-refractivity contribution in [3.63, 3.8) is 0 Å². The molecule has 1 heterocycles. The minimum absolute atomic E-state index is 0.150. The van der Waals surface area contributed by atoms with Gasteiger partial charge in [-0.3, -0.25) is 0 Å². The summed E-state index contributed by atoms with van der Waals surface area (Å²) >= 11 is 5.71. The lowest BCUT2D eigenvalue weighted by molar-refractivity contribution is 0.841. The molecule has 0 amide bonds. The highest BCUT2D eigenvalue weighted by molar-refractivity contribution is 6.28. The van der Waals surface area contributed by atoms with Crippen LogP contribution in [0.25, 0.3) is 0 Å². The van der Waals surface area contributed by atoms with Crippen molar-refractivity contribution in [1.29, 1.82) is 0 Å². The number of rotatable bonds is 3. The topological polar surface area (TPSA) is 64.7 Å². The van der Waals surface area contributed by atoms with Crippen LogP contribution in [0.5, 0.6) is 0 Å². The third-order valence-corrected chi connectivity index (χ3v) is 2.56. The Morgan fingerprint density at radius 1 is 1.18 bits per heavy atom. The highest BCUT2D eigenvalue weighted by atomic mass is 35.5. The molecule has 0 unspecified atom stereocenters. The lowest BCUT2D eigenvalue weighted by Gasteiger charge is -2.03. The normalized spacial score (nSPS) is 10.5. The van der Waals surface area contributed by atoms with E-state index in [0.29, 0.717) is 12.2 Å². The fourth-order valence-corrected chi connectivity index (χ4v) is 1.83. The van der Waals surface area contributed by atoms with Crippen LogP contribution < -0.4 is 5.73 Å². The molecule has 5 heteroatoms. The first kappa shape index (κ1) is 11.8. The zero-order valence-electron chi connectivity index (χ0n) is 9.52. The first-order chi connectivity index (χ1) is 8.13. The number of halogens is 1. The van der Waals surface area contributed by atoms with Crippen molar-refractivity contribution in [1.82, 2.24) is 15.0 Å². The van der Waals surface area contributed by atoms with Crippen LogP contribution in [0.4, 0.5) is 5.95 Å². The van der Waals surface area contributed by atoms with Crippen LogP contribution in [0, 0.1) is 6.92 Å². The third kappa shape index (κ3) is 3.39. The Bertz CT molecular complexity index is 507. The molecule has 0 saturated carbocycles. The molecule has 88 valence electrons. The predicted octanol–water partition coefficient (Wildman–Crippen LogP) is 2.20. The van der Waals surface area contributed by atoms with Gasteiger partial charge in [-0.05, 0) is 30.5 Å². The van der Waals surface area contributed by atoms with Crippen molar-refractivity contribution in [3.8, 4) is 0 Å². The van der Waals surface area contributed by atoms with E-state index in [-0.39, 0.29) is 11.2 Å². The van der Waals surface area contributed by atoms with E-state index < -0.39 is 0 Å². The maximum absolute atomic E-state index is 5.71. The van der Waals surface area contributed by atoms with Gasteiger partial charge in [0.1, 0.15) is 5.82 Å². The summed E-state index contributed by atoms with van der Waals surface area (Å²) < 4.78 is 0. The van der Waals surface area contributed by atoms with Gasteiger partial charge in [0.2, 0.25) is 11.2 Å². The lowest BCUT2D eigenvalue weighted by Crippen LogP contribution is -2.04. The third-order valence-electron chi connectivity index (χ3n) is 2.39. The second kappa shape index (κ2) is 5.10. The molecule has 2 N–H and O–H groups in total. The number of nitrogens with zero attached hydrogens (tertiary/aromatic N) is 3. The number of aryl methyl sites for hydroxylation is 3. The lowest BCUT2D eigenvalue weighted by atomic mass is 10.1. The summed E-state index contributed by atoms with van der Waals surface area (Å²) in [6.07, 6.45) is 1.57. The van der Waals surface area contributed by atoms with E-state index in [1.54, 1.807) is 0 Å². The summed E-state index contributed by atoms with van der Waals surface area (Å²) in [5.74, 6) is 0.799. The fraction of sp³-hybridized carbons (Fsp3) is 0.250. The number of hydrogen-bond donors (Lipinski definition) is 1. The molecule has 0 aliphatic carbocycles. The standard InChI is InChI=1S/C12H13ClN4/c1-8-3-2-4-9(7-8)5-6-10-15-11(13)17-12(14)16-10/h2-4,7H,5-6H2,1H3,(H2,14,15,16,17). The van der Waals surface area contributed by atoms with Gasteiger partial charge in [0.15, 0.2) is 0 Å². The zero-order valence-corrected chi connectivity index (χ0v) is 10.3. The van der Waals surface area contributed by atoms with Crippen molar-refractivity contribution >= 4 is 17.5 Å². The molecule has 1 aromatic carbocycles. The number of nitrogens with two attached hydrogens (primary N) is 1. The van der Waals surface area contributed by atoms with E-state index in [4.69, 9.17) is 17.3 Å². The van der Waals surface area contributed by atoms with Gasteiger partial charge in [-0.25, -0.2) is 4.98 Å². The highest BCUT2D eigenvalue weighted by Crippen LogP contribution is 2.09. The summed E-state index contributed by atoms with van der Waals surface area (Å²) in [4.78, 5) is 11.8. The van der Waals surface area contributed by atoms with Crippen LogP contribution >= 0.6 is 11.6 Å². The van der Waals surface area contributed by atoms with Gasteiger partial charge in [-0.2, -0.15) is 9.97 Å². The quantitative estimate of drug-likeness (QED) is 0.905. The van der Waals surface area contributed by atoms with Crippen LogP contribution in [0.2, 0.25) is 5.28 Å². The average molecular weight is 249 g/mol. The van der Waals surface area contributed by atoms with Gasteiger partial charge >= 0.3 is 0 Å². The Hall–Kier alpha value is -1.68. The maximum Gasteiger partial charge on any atom is 0.227 e. The highest BCUT2D eigenvalue weighted by Gasteiger charge is 2.03. The summed E-state index contributed by atoms with van der Waals surface area (Å²) in [7, 11) is 0. The van der Waals surface area contributed by atoms with Crippen LogP contribution in [-0.4, -0.2) is 15.0 Å². The largest absolute Gasteiger partial charge is 0.368 e. The summed E-state index contributed by atoms with van der Waals surface area (Å²) in [5.41, 5.74) is 8.00. The molecular formula is C12H13ClN4. The first-order valence-corrected chi connectivity index (χ1v) is 5.73. The van der Waals surface area contributed by atoms with Crippen molar-refractivity contribution in [2.24, 2.45) is 0 Å². The average Bonchev–Trinajstić information content (AvgIpc) is 2.25. The minimum atomic E-state index is 0.150. The number of nitrogen functional groups attached to an aromatic ring is 1. The molecule has 17 heavy (non-hydrogen) atoms. The Morgan fingerprint density at radius 3 is 2.71 bits per heavy atom. The predicted molar refractivity (Wildman–Crippen MR) is 67.8 cm³/mol. The zero-order chi connectivity index (χ0) is 12.3. The molecule has 1 aromatic heterocycles. The monoisotopic (exact) mass is 248 g/mol. The molecule has 0 aliphatic heterocycles. The van der Waals surface area contributed by atoms with Gasteiger partial charge < -0.3 is 5.73 Å². The van der Waals surface area contributed by atoms with Gasteiger partial charge in [-0.1, -0.05) is 29.8 Å². The summed E-state index contributed by atoms with van der Waals surface area (Å²) in [6, 6.07) is 8.34. The van der Waals surface area contributed by atoms with Crippen molar-refractivity contribution in [3.05, 3.63) is 46.5 Å². The van der Waals surface area contributed by atoms with Crippen molar-refractivity contribution in [2.45, 2.75) is 19.8 Å². The summed E-state index contributed by atoms with van der Waals surface area (Å²) in [5, 5.41) is 0.150. The maximum atomic E-state index is 5.71. The number of anilines is 1. The fourth-order valence-electron chi connectivity index (χ4n) is 1.64. The Balaban J connectivity index is 2.07. The molecule has 0 atom stereocenters. The van der Waals surface area contributed by atoms with E-state index in [1.165, 1.54) is 11.1 Å². The van der Waals surface area contributed by atoms with E-state index in [2.05, 4.69) is 40.1 Å². The van der Waals surface area contributed by atoms with Crippen LogP contribution in [0.3, 0.4) is 0 Å². The van der Waals surface area contributed by atoms with Crippen molar-refractivity contribution < 1.29 is 0 Å². The van der Waals surface area contributed by atoms with Crippen LogP contribution in [0.15, 0.2) is 24.3 Å². The van der Waals surface area contributed by atoms with Gasteiger partial charge in [0.25, 0.3) is 0 Å². The molecule has 0 saturated heterocycles. The smallest absolute Gasteiger partial charge is 0.227 e. The Labute approximate surface area is 105 Å². The second-order valence-electron chi connectivity index (χ2n) is 3.87. The molecule has 0 radical (unpaired) electrons. The molecule has 0 aliphatic rings. The molecular weight excluding hydrogens is 236 g/mol. The van der Waals surface area contributed by atoms with E-state index in [1.807, 2.05) is 6.07 Å². The second-order valence-corrected chi connectivity index (χ2v) is 4.21. The molecule has 0 fully saturated rings. The molecule has 4 nitrogen and oxygen atoms in total. The van der Waals surface area contributed by atoms with Crippen molar-refractivity contribution in [2.75, 3.05) is 5.73 Å². The van der Waals surface area contributed by atoms with Gasteiger partial charge in [0, 0.05) is 6.42 Å². The van der Waals surface area contributed by atoms with Gasteiger partial charge in [-0.15, -0.1) is 0 Å². The first-order valence-electron chi connectivity index (χ1n) is 5.35. The van der Waals surface area contributed by atoms with Crippen LogP contribution in [-0.2, 0) is 12.8 Å². The van der Waals surface area contributed by atoms with E-state index >= 15 is 0 Å². The van der Waals surface area contributed by atoms with Gasteiger partial charge in [0.05, 0.1) is 0 Å². The molecule has 2 rings (SSSR count). The number of benzene rings is 1. The Morgan fingerprint density at radius 2 is 2.00 bits per heavy atom. The molecule has 0 spiro atoms.